The van der Waals surface area contributed by atoms with Gasteiger partial charge in [-0.1, -0.05) is 75.4 Å². The maximum atomic E-state index is 13.0. The molecule has 0 aliphatic carbocycles. The number of benzene rings is 2. The van der Waals surface area contributed by atoms with Crippen LogP contribution in [0.5, 0.6) is 0 Å². The lowest BCUT2D eigenvalue weighted by Crippen LogP contribution is -2.44. The van der Waals surface area contributed by atoms with Crippen molar-refractivity contribution >= 4 is 12.6 Å². The van der Waals surface area contributed by atoms with E-state index in [4.69, 9.17) is 9.31 Å². The smallest absolute Gasteiger partial charge is 0.407 e. The van der Waals surface area contributed by atoms with Crippen LogP contribution in [0.15, 0.2) is 48.5 Å². The highest BCUT2D eigenvalue weighted by Crippen LogP contribution is 2.20. The molecule has 0 unspecified atom stereocenters. The summed E-state index contributed by atoms with van der Waals surface area (Å²) in [7, 11) is -0.270. The number of hydrogen-bond donors (Lipinski definition) is 0. The third kappa shape index (κ3) is 5.42. The molecule has 0 bridgehead atoms. The molecule has 0 spiro atoms. The summed E-state index contributed by atoms with van der Waals surface area (Å²) >= 11 is 0. The first-order valence-electron chi connectivity index (χ1n) is 9.85. The van der Waals surface area contributed by atoms with Crippen LogP contribution in [0.2, 0.25) is 0 Å². The van der Waals surface area contributed by atoms with Crippen LogP contribution in [0, 0.1) is 11.7 Å². The molecular weight excluding hydrogens is 326 g/mol. The number of hydrogen-bond acceptors (Lipinski definition) is 2. The molecule has 2 aromatic carbocycles. The first-order valence-corrected chi connectivity index (χ1v) is 9.85. The quantitative estimate of drug-likeness (QED) is 0.478. The fourth-order valence-corrected chi connectivity index (χ4v) is 3.41. The van der Waals surface area contributed by atoms with Gasteiger partial charge in [0.15, 0.2) is 0 Å². The van der Waals surface area contributed by atoms with Gasteiger partial charge < -0.3 is 9.31 Å². The summed E-state index contributed by atoms with van der Waals surface area (Å²) in [5.74, 6) is 0.306. The Morgan fingerprint density at radius 3 is 2.04 bits per heavy atom. The zero-order chi connectivity index (χ0) is 18.2. The van der Waals surface area contributed by atoms with Crippen LogP contribution in [0.1, 0.15) is 45.4 Å². The lowest BCUT2D eigenvalue weighted by Gasteiger charge is -2.27. The summed E-state index contributed by atoms with van der Waals surface area (Å²) < 4.78 is 24.9. The van der Waals surface area contributed by atoms with Crippen molar-refractivity contribution < 1.29 is 13.7 Å². The van der Waals surface area contributed by atoms with Gasteiger partial charge in [0.1, 0.15) is 5.82 Å². The van der Waals surface area contributed by atoms with E-state index in [1.165, 1.54) is 50.7 Å². The lowest BCUT2D eigenvalue weighted by molar-refractivity contribution is 0.0810. The Hall–Kier alpha value is -1.65. The SMILES string of the molecule is CCCCCCCC1COB(c2ccc(-c3ccc(F)cc3)cc2)OC1. The minimum atomic E-state index is -0.270. The van der Waals surface area contributed by atoms with Gasteiger partial charge in [-0.25, -0.2) is 4.39 Å². The van der Waals surface area contributed by atoms with E-state index >= 15 is 0 Å². The summed E-state index contributed by atoms with van der Waals surface area (Å²) in [6.07, 6.45) is 7.76. The van der Waals surface area contributed by atoms with Gasteiger partial charge in [-0.15, -0.1) is 0 Å². The van der Waals surface area contributed by atoms with Gasteiger partial charge in [0.2, 0.25) is 0 Å². The first-order chi connectivity index (χ1) is 12.8. The average molecular weight is 354 g/mol. The topological polar surface area (TPSA) is 18.5 Å². The molecule has 26 heavy (non-hydrogen) atoms. The standard InChI is InChI=1S/C22H28BFO2/c1-2-3-4-5-6-7-18-16-25-23(26-17-18)21-12-8-19(9-13-21)20-10-14-22(24)15-11-20/h8-15,18H,2-7,16-17H2,1H3. The van der Waals surface area contributed by atoms with Gasteiger partial charge in [0.05, 0.1) is 0 Å². The molecule has 0 saturated carbocycles. The van der Waals surface area contributed by atoms with E-state index < -0.39 is 0 Å². The second-order valence-corrected chi connectivity index (χ2v) is 7.20. The highest BCUT2D eigenvalue weighted by atomic mass is 19.1. The van der Waals surface area contributed by atoms with Crippen LogP contribution in [-0.4, -0.2) is 20.3 Å². The monoisotopic (exact) mass is 354 g/mol. The van der Waals surface area contributed by atoms with E-state index in [0.717, 1.165) is 29.8 Å². The van der Waals surface area contributed by atoms with Crippen molar-refractivity contribution in [2.75, 3.05) is 13.2 Å². The minimum Gasteiger partial charge on any atom is -0.407 e. The lowest BCUT2D eigenvalue weighted by atomic mass is 9.76. The molecule has 2 aromatic rings. The molecule has 3 rings (SSSR count). The highest BCUT2D eigenvalue weighted by molar-refractivity contribution is 6.61. The molecule has 0 radical (unpaired) electrons. The van der Waals surface area contributed by atoms with Gasteiger partial charge >= 0.3 is 7.12 Å². The second kappa shape index (κ2) is 9.89. The van der Waals surface area contributed by atoms with Gasteiger partial charge in [-0.3, -0.25) is 0 Å². The fourth-order valence-electron chi connectivity index (χ4n) is 3.41. The summed E-state index contributed by atoms with van der Waals surface area (Å²) in [5, 5.41) is 0. The average Bonchev–Trinajstić information content (AvgIpc) is 2.69. The van der Waals surface area contributed by atoms with Crippen LogP contribution >= 0.6 is 0 Å². The van der Waals surface area contributed by atoms with Crippen LogP contribution in [0.3, 0.4) is 0 Å². The Labute approximate surface area is 156 Å². The Morgan fingerprint density at radius 1 is 0.846 bits per heavy atom. The van der Waals surface area contributed by atoms with Gasteiger partial charge in [-0.05, 0) is 35.1 Å². The molecule has 0 amide bonds. The zero-order valence-electron chi connectivity index (χ0n) is 15.6. The highest BCUT2D eigenvalue weighted by Gasteiger charge is 2.28. The molecule has 0 N–H and O–H groups in total. The summed E-state index contributed by atoms with van der Waals surface area (Å²) in [6, 6.07) is 14.7. The normalized spacial score (nSPS) is 15.4. The number of halogens is 1. The molecule has 1 heterocycles. The van der Waals surface area contributed by atoms with Crippen LogP contribution in [0.4, 0.5) is 4.39 Å². The molecule has 1 aliphatic heterocycles. The van der Waals surface area contributed by atoms with E-state index in [2.05, 4.69) is 6.92 Å². The molecular formula is C22H28BFO2. The van der Waals surface area contributed by atoms with E-state index in [0.29, 0.717) is 5.92 Å². The summed E-state index contributed by atoms with van der Waals surface area (Å²) in [4.78, 5) is 0. The van der Waals surface area contributed by atoms with Crippen molar-refractivity contribution in [3.63, 3.8) is 0 Å². The van der Waals surface area contributed by atoms with Crippen molar-refractivity contribution in [1.29, 1.82) is 0 Å². The molecule has 0 atom stereocenters. The van der Waals surface area contributed by atoms with Crippen molar-refractivity contribution in [2.24, 2.45) is 5.92 Å². The molecule has 0 aromatic heterocycles. The minimum absolute atomic E-state index is 0.214. The van der Waals surface area contributed by atoms with Crippen LogP contribution in [-0.2, 0) is 9.31 Å². The maximum absolute atomic E-state index is 13.0. The molecule has 2 nitrogen and oxygen atoms in total. The third-order valence-electron chi connectivity index (χ3n) is 5.04. The Bertz CT molecular complexity index is 649. The van der Waals surface area contributed by atoms with Crippen molar-refractivity contribution in [3.05, 3.63) is 54.3 Å². The van der Waals surface area contributed by atoms with Crippen molar-refractivity contribution in [3.8, 4) is 11.1 Å². The Kier molecular flexibility index (Phi) is 7.27. The van der Waals surface area contributed by atoms with Gasteiger partial charge in [0.25, 0.3) is 0 Å². The zero-order valence-corrected chi connectivity index (χ0v) is 15.6. The fraction of sp³-hybridized carbons (Fsp3) is 0.455. The largest absolute Gasteiger partial charge is 0.493 e. The second-order valence-electron chi connectivity index (χ2n) is 7.20. The predicted molar refractivity (Wildman–Crippen MR) is 106 cm³/mol. The third-order valence-corrected chi connectivity index (χ3v) is 5.04. The van der Waals surface area contributed by atoms with E-state index in [1.54, 1.807) is 12.1 Å². The molecule has 1 aliphatic rings. The predicted octanol–water partition coefficient (Wildman–Crippen LogP) is 5.21. The van der Waals surface area contributed by atoms with Gasteiger partial charge in [-0.2, -0.15) is 0 Å². The number of unbranched alkanes of at least 4 members (excludes halogenated alkanes) is 4. The molecule has 1 fully saturated rings. The van der Waals surface area contributed by atoms with Gasteiger partial charge in [0, 0.05) is 19.1 Å². The van der Waals surface area contributed by atoms with E-state index in [9.17, 15) is 4.39 Å². The Balaban J connectivity index is 1.46. The first kappa shape index (κ1) is 19.1. The van der Waals surface area contributed by atoms with Crippen molar-refractivity contribution in [1.82, 2.24) is 0 Å². The Morgan fingerprint density at radius 2 is 1.42 bits per heavy atom. The van der Waals surface area contributed by atoms with Crippen LogP contribution in [0.25, 0.3) is 11.1 Å². The van der Waals surface area contributed by atoms with E-state index in [1.807, 2.05) is 24.3 Å². The molecule has 1 saturated heterocycles. The maximum Gasteiger partial charge on any atom is 0.493 e. The summed E-state index contributed by atoms with van der Waals surface area (Å²) in [5.41, 5.74) is 3.11. The van der Waals surface area contributed by atoms with E-state index in [-0.39, 0.29) is 12.9 Å². The molecule has 4 heteroatoms. The van der Waals surface area contributed by atoms with Crippen molar-refractivity contribution in [2.45, 2.75) is 45.4 Å². The number of rotatable bonds is 8. The van der Waals surface area contributed by atoms with Crippen LogP contribution < -0.4 is 5.46 Å². The molecule has 138 valence electrons. The summed E-state index contributed by atoms with van der Waals surface area (Å²) in [6.45, 7) is 3.80.